The van der Waals surface area contributed by atoms with Gasteiger partial charge in [-0.05, 0) is 64.4 Å². The Balaban J connectivity index is 0.00000441. The Labute approximate surface area is 342 Å². The van der Waals surface area contributed by atoms with E-state index in [1.54, 1.807) is 6.07 Å². The number of aromatic nitrogens is 3. The van der Waals surface area contributed by atoms with Crippen molar-refractivity contribution in [2.45, 2.75) is 52.4 Å². The molecule has 0 radical (unpaired) electrons. The third-order valence-electron chi connectivity index (χ3n) is 10.6. The van der Waals surface area contributed by atoms with E-state index < -0.39 is 0 Å². The summed E-state index contributed by atoms with van der Waals surface area (Å²) >= 11 is 0. The van der Waals surface area contributed by atoms with E-state index in [4.69, 9.17) is 14.4 Å². The Morgan fingerprint density at radius 3 is 2.07 bits per heavy atom. The molecule has 6 aromatic carbocycles. The van der Waals surface area contributed by atoms with Gasteiger partial charge in [0.05, 0.1) is 22.3 Å². The third kappa shape index (κ3) is 6.54. The van der Waals surface area contributed by atoms with Crippen LogP contribution in [0.25, 0.3) is 83.6 Å². The molecule has 6 heteroatoms. The van der Waals surface area contributed by atoms with Gasteiger partial charge in [-0.3, -0.25) is 9.55 Å². The van der Waals surface area contributed by atoms with Crippen LogP contribution in [0.1, 0.15) is 52.7 Å². The number of phenolic OH excluding ortho intramolecular Hbond substituents is 1. The largest absolute Gasteiger partial charge is 0.507 e. The van der Waals surface area contributed by atoms with Gasteiger partial charge in [0, 0.05) is 49.3 Å². The number of pyridine rings is 1. The summed E-state index contributed by atoms with van der Waals surface area (Å²) in [5, 5.41) is 13.4. The maximum atomic E-state index is 11.3. The zero-order valence-electron chi connectivity index (χ0n) is 32.3. The van der Waals surface area contributed by atoms with E-state index in [-0.39, 0.29) is 37.6 Å². The van der Waals surface area contributed by atoms with Crippen LogP contribution in [-0.4, -0.2) is 19.6 Å². The van der Waals surface area contributed by atoms with Crippen LogP contribution < -0.4 is 0 Å². The third-order valence-corrected chi connectivity index (χ3v) is 10.6. The van der Waals surface area contributed by atoms with Gasteiger partial charge < -0.3 is 9.52 Å². The second kappa shape index (κ2) is 14.1. The number of rotatable bonds is 5. The molecule has 56 heavy (non-hydrogen) atoms. The minimum atomic E-state index is -0.157. The predicted molar refractivity (Wildman–Crippen MR) is 226 cm³/mol. The number of fused-ring (bicyclic) bond motifs is 4. The second-order valence-electron chi connectivity index (χ2n) is 16.4. The van der Waals surface area contributed by atoms with E-state index in [0.717, 1.165) is 77.7 Å². The molecule has 3 aromatic heterocycles. The molecular formula is C50H42N3O2Pt-. The van der Waals surface area contributed by atoms with Gasteiger partial charge in [-0.25, -0.2) is 4.98 Å². The van der Waals surface area contributed by atoms with Gasteiger partial charge in [0.15, 0.2) is 0 Å². The zero-order valence-corrected chi connectivity index (χ0v) is 34.6. The van der Waals surface area contributed by atoms with Crippen LogP contribution in [0.5, 0.6) is 5.75 Å². The molecule has 0 aliphatic carbocycles. The zero-order chi connectivity index (χ0) is 38.1. The molecule has 0 spiro atoms. The molecule has 280 valence electrons. The standard InChI is InChI=1S/C50H42N3O2.Pt/c1-49(2,3)34-23-24-42(39(28-34)31-15-8-7-9-16-31)53-43-20-14-19-36(47(43)52-48(53)38-18-10-12-21-44(38)54)32-25-33(27-35(26-32)50(4,5)6)41-29-46-40(30-51-41)37-17-11-13-22-45(37)55-46;/h7-24,26-30,54H,1-6H3;/q-1;. The summed E-state index contributed by atoms with van der Waals surface area (Å²) in [6.45, 7) is 13.4. The maximum Gasteiger partial charge on any atom is 0.148 e. The Morgan fingerprint density at radius 1 is 0.607 bits per heavy atom. The molecule has 1 N–H and O–H groups in total. The van der Waals surface area contributed by atoms with E-state index in [0.29, 0.717) is 11.4 Å². The van der Waals surface area contributed by atoms with E-state index >= 15 is 0 Å². The van der Waals surface area contributed by atoms with E-state index in [9.17, 15) is 5.11 Å². The molecule has 0 fully saturated rings. The van der Waals surface area contributed by atoms with Gasteiger partial charge >= 0.3 is 0 Å². The summed E-state index contributed by atoms with van der Waals surface area (Å²) in [7, 11) is 0. The fraction of sp³-hybridized carbons (Fsp3) is 0.160. The number of imidazole rings is 1. The van der Waals surface area contributed by atoms with Crippen molar-refractivity contribution < 1.29 is 30.6 Å². The average molecular weight is 912 g/mol. The van der Waals surface area contributed by atoms with Gasteiger partial charge in [0.1, 0.15) is 22.7 Å². The van der Waals surface area contributed by atoms with Crippen molar-refractivity contribution in [3.8, 4) is 56.3 Å². The Hall–Kier alpha value is -5.77. The van der Waals surface area contributed by atoms with Crippen LogP contribution >= 0.6 is 0 Å². The molecule has 3 heterocycles. The van der Waals surface area contributed by atoms with Crippen LogP contribution in [-0.2, 0) is 31.9 Å². The molecule has 0 unspecified atom stereocenters. The Bertz CT molecular complexity index is 2910. The first-order valence-corrected chi connectivity index (χ1v) is 18.8. The quantitative estimate of drug-likeness (QED) is 0.175. The SMILES string of the molecule is CC(C)(C)c1cc(-c2cc3oc4ccccc4c3cn2)[c-]c(-c2cccc3c2nc(-c2ccccc2O)n3-c2ccc(C(C)(C)C)cc2-c2ccccc2)c1.[Pt]. The van der Waals surface area contributed by atoms with Gasteiger partial charge in [-0.1, -0.05) is 132 Å². The number of para-hydroxylation sites is 3. The number of nitrogens with zero attached hydrogens (tertiary/aromatic N) is 3. The number of aromatic hydroxyl groups is 1. The van der Waals surface area contributed by atoms with E-state index in [1.165, 1.54) is 5.56 Å². The Morgan fingerprint density at radius 2 is 1.30 bits per heavy atom. The molecule has 0 bridgehead atoms. The molecule has 5 nitrogen and oxygen atoms in total. The summed E-state index contributed by atoms with van der Waals surface area (Å²) in [6, 6.07) is 49.3. The fourth-order valence-electron chi connectivity index (χ4n) is 7.50. The summed E-state index contributed by atoms with van der Waals surface area (Å²) in [4.78, 5) is 10.4. The number of hydrogen-bond donors (Lipinski definition) is 1. The topological polar surface area (TPSA) is 64.1 Å². The van der Waals surface area contributed by atoms with Crippen LogP contribution in [0.2, 0.25) is 0 Å². The van der Waals surface area contributed by atoms with Gasteiger partial charge in [-0.2, -0.15) is 0 Å². The number of benzene rings is 6. The molecule has 9 aromatic rings. The van der Waals surface area contributed by atoms with Crippen molar-refractivity contribution in [1.82, 2.24) is 14.5 Å². The molecular weight excluding hydrogens is 870 g/mol. The fourth-order valence-corrected chi connectivity index (χ4v) is 7.50. The normalized spacial score (nSPS) is 12.0. The van der Waals surface area contributed by atoms with Crippen molar-refractivity contribution in [3.63, 3.8) is 0 Å². The number of furan rings is 1. The van der Waals surface area contributed by atoms with E-state index in [1.807, 2.05) is 54.7 Å². The van der Waals surface area contributed by atoms with Gasteiger partial charge in [-0.15, -0.1) is 29.3 Å². The van der Waals surface area contributed by atoms with Crippen molar-refractivity contribution >= 4 is 33.0 Å². The van der Waals surface area contributed by atoms with Gasteiger partial charge in [0.2, 0.25) is 0 Å². The molecule has 0 saturated carbocycles. The Kier molecular flexibility index (Phi) is 9.33. The summed E-state index contributed by atoms with van der Waals surface area (Å²) in [6.07, 6.45) is 1.91. The van der Waals surface area contributed by atoms with Crippen LogP contribution in [0.15, 0.2) is 144 Å². The second-order valence-corrected chi connectivity index (χ2v) is 16.4. The van der Waals surface area contributed by atoms with Crippen molar-refractivity contribution in [1.29, 1.82) is 0 Å². The summed E-state index contributed by atoms with van der Waals surface area (Å²) < 4.78 is 8.48. The number of hydrogen-bond acceptors (Lipinski definition) is 4. The minimum Gasteiger partial charge on any atom is -0.507 e. The number of phenols is 1. The minimum absolute atomic E-state index is 0. The summed E-state index contributed by atoms with van der Waals surface area (Å²) in [5.74, 6) is 0.828. The van der Waals surface area contributed by atoms with E-state index in [2.05, 4.69) is 131 Å². The van der Waals surface area contributed by atoms with Crippen LogP contribution in [0.3, 0.4) is 0 Å². The monoisotopic (exact) mass is 911 g/mol. The van der Waals surface area contributed by atoms with Crippen molar-refractivity contribution in [3.05, 3.63) is 157 Å². The molecule has 0 amide bonds. The first kappa shape index (κ1) is 37.2. The first-order valence-electron chi connectivity index (χ1n) is 18.8. The van der Waals surface area contributed by atoms with Crippen molar-refractivity contribution in [2.75, 3.05) is 0 Å². The molecule has 0 aliphatic rings. The maximum absolute atomic E-state index is 11.3. The summed E-state index contributed by atoms with van der Waals surface area (Å²) in [5.41, 5.74) is 12.9. The first-order chi connectivity index (χ1) is 26.4. The smallest absolute Gasteiger partial charge is 0.148 e. The van der Waals surface area contributed by atoms with Gasteiger partial charge in [0.25, 0.3) is 0 Å². The average Bonchev–Trinajstić information content (AvgIpc) is 3.75. The molecule has 0 saturated heterocycles. The van der Waals surface area contributed by atoms with Crippen LogP contribution in [0, 0.1) is 6.07 Å². The van der Waals surface area contributed by atoms with Crippen molar-refractivity contribution in [2.24, 2.45) is 0 Å². The molecule has 9 rings (SSSR count). The molecule has 0 aliphatic heterocycles. The predicted octanol–water partition coefficient (Wildman–Crippen LogP) is 13.1. The molecule has 0 atom stereocenters. The van der Waals surface area contributed by atoms with Crippen LogP contribution in [0.4, 0.5) is 0 Å².